The number of rotatable bonds is 4. The number of nitrogens with one attached hydrogen (secondary N) is 1. The zero-order valence-electron chi connectivity index (χ0n) is 11.8. The number of hydrogen-bond acceptors (Lipinski definition) is 4. The summed E-state index contributed by atoms with van der Waals surface area (Å²) in [5.74, 6) is 0. The molecule has 0 bridgehead atoms. The Hall–Kier alpha value is -0.820. The lowest BCUT2D eigenvalue weighted by atomic mass is 10.1. The molecule has 0 aliphatic carbocycles. The van der Waals surface area contributed by atoms with Gasteiger partial charge in [-0.05, 0) is 18.7 Å². The average molecular weight is 318 g/mol. The van der Waals surface area contributed by atoms with Gasteiger partial charge >= 0.3 is 0 Å². The van der Waals surface area contributed by atoms with E-state index in [1.54, 1.807) is 0 Å². The van der Waals surface area contributed by atoms with E-state index in [1.165, 1.54) is 10.6 Å². The molecule has 0 spiro atoms. The lowest BCUT2D eigenvalue weighted by Crippen LogP contribution is -2.48. The predicted molar refractivity (Wildman–Crippen MR) is 82.8 cm³/mol. The summed E-state index contributed by atoms with van der Waals surface area (Å²) in [6.45, 7) is 3.06. The second-order valence-corrected chi connectivity index (χ2v) is 7.32. The largest absolute Gasteiger partial charge is 0.367 e. The van der Waals surface area contributed by atoms with Crippen molar-refractivity contribution in [1.82, 2.24) is 9.62 Å². The van der Waals surface area contributed by atoms with Gasteiger partial charge in [0.1, 0.15) is 0 Å². The maximum atomic E-state index is 11.5. The molecule has 112 valence electrons. The van der Waals surface area contributed by atoms with Crippen LogP contribution in [-0.2, 0) is 16.6 Å². The quantitative estimate of drug-likeness (QED) is 0.905. The third kappa shape index (κ3) is 3.44. The molecule has 20 heavy (non-hydrogen) atoms. The molecule has 7 heteroatoms. The second kappa shape index (κ2) is 6.30. The Kier molecular flexibility index (Phi) is 4.90. The van der Waals surface area contributed by atoms with Gasteiger partial charge in [-0.25, -0.2) is 8.42 Å². The first-order valence-corrected chi connectivity index (χ1v) is 8.78. The summed E-state index contributed by atoms with van der Waals surface area (Å²) < 4.78 is 24.6. The summed E-state index contributed by atoms with van der Waals surface area (Å²) >= 11 is 6.32. The molecular weight excluding hydrogens is 298 g/mol. The van der Waals surface area contributed by atoms with Crippen LogP contribution in [0.1, 0.15) is 5.56 Å². The molecule has 0 aromatic heterocycles. The van der Waals surface area contributed by atoms with Crippen molar-refractivity contribution in [1.29, 1.82) is 0 Å². The fourth-order valence-electron chi connectivity index (χ4n) is 2.49. The van der Waals surface area contributed by atoms with Crippen LogP contribution in [0.5, 0.6) is 0 Å². The van der Waals surface area contributed by atoms with Crippen molar-refractivity contribution >= 4 is 27.3 Å². The Labute approximate surface area is 125 Å². The summed E-state index contributed by atoms with van der Waals surface area (Å²) in [6.07, 6.45) is 1.25. The summed E-state index contributed by atoms with van der Waals surface area (Å²) in [4.78, 5) is 2.16. The first-order valence-electron chi connectivity index (χ1n) is 6.55. The zero-order chi connectivity index (χ0) is 14.8. The number of halogens is 1. The highest BCUT2D eigenvalue weighted by molar-refractivity contribution is 7.88. The van der Waals surface area contributed by atoms with Gasteiger partial charge in [0.15, 0.2) is 0 Å². The Bertz CT molecular complexity index is 569. The van der Waals surface area contributed by atoms with E-state index >= 15 is 0 Å². The van der Waals surface area contributed by atoms with Crippen molar-refractivity contribution in [2.75, 3.05) is 44.4 Å². The van der Waals surface area contributed by atoms with Crippen molar-refractivity contribution in [3.05, 3.63) is 28.8 Å². The van der Waals surface area contributed by atoms with Gasteiger partial charge in [-0.2, -0.15) is 4.31 Å². The lowest BCUT2D eigenvalue weighted by Gasteiger charge is -2.36. The molecule has 2 rings (SSSR count). The standard InChI is InChI=1S/C13H20ClN3O2S/c1-15-10-11-4-3-5-12(14)13(11)16-6-8-17(9-7-16)20(2,18)19/h3-5,15H,6-10H2,1-2H3. The second-order valence-electron chi connectivity index (χ2n) is 4.93. The Morgan fingerprint density at radius 1 is 1.25 bits per heavy atom. The van der Waals surface area contributed by atoms with E-state index in [0.29, 0.717) is 31.2 Å². The molecule has 5 nitrogen and oxygen atoms in total. The molecule has 0 amide bonds. The van der Waals surface area contributed by atoms with Crippen LogP contribution in [-0.4, -0.2) is 52.2 Å². The molecule has 1 aliphatic rings. The van der Waals surface area contributed by atoms with Gasteiger partial charge in [0, 0.05) is 32.7 Å². The zero-order valence-corrected chi connectivity index (χ0v) is 13.3. The van der Waals surface area contributed by atoms with Crippen LogP contribution < -0.4 is 10.2 Å². The number of nitrogens with zero attached hydrogens (tertiary/aromatic N) is 2. The normalized spacial score (nSPS) is 17.4. The highest BCUT2D eigenvalue weighted by Crippen LogP contribution is 2.31. The van der Waals surface area contributed by atoms with E-state index in [2.05, 4.69) is 10.2 Å². The third-order valence-corrected chi connectivity index (χ3v) is 5.07. The van der Waals surface area contributed by atoms with Crippen molar-refractivity contribution < 1.29 is 8.42 Å². The SMILES string of the molecule is CNCc1cccc(Cl)c1N1CCN(S(C)(=O)=O)CC1. The van der Waals surface area contributed by atoms with E-state index < -0.39 is 10.0 Å². The number of anilines is 1. The first-order chi connectivity index (χ1) is 9.43. The Balaban J connectivity index is 2.18. The fourth-order valence-corrected chi connectivity index (χ4v) is 3.63. The number of hydrogen-bond donors (Lipinski definition) is 1. The minimum Gasteiger partial charge on any atom is -0.367 e. The maximum absolute atomic E-state index is 11.5. The molecular formula is C13H20ClN3O2S. The summed E-state index contributed by atoms with van der Waals surface area (Å²) in [5, 5.41) is 3.85. The lowest BCUT2D eigenvalue weighted by molar-refractivity contribution is 0.387. The van der Waals surface area contributed by atoms with Gasteiger partial charge in [0.05, 0.1) is 17.0 Å². The summed E-state index contributed by atoms with van der Waals surface area (Å²) in [7, 11) is -1.21. The Morgan fingerprint density at radius 2 is 1.90 bits per heavy atom. The smallest absolute Gasteiger partial charge is 0.211 e. The maximum Gasteiger partial charge on any atom is 0.211 e. The van der Waals surface area contributed by atoms with E-state index in [9.17, 15) is 8.42 Å². The van der Waals surface area contributed by atoms with E-state index in [0.717, 1.165) is 17.8 Å². The molecule has 1 saturated heterocycles. The van der Waals surface area contributed by atoms with E-state index in [1.807, 2.05) is 25.2 Å². The third-order valence-electron chi connectivity index (χ3n) is 3.46. The molecule has 0 atom stereocenters. The summed E-state index contributed by atoms with van der Waals surface area (Å²) in [6, 6.07) is 5.85. The minimum absolute atomic E-state index is 0.503. The predicted octanol–water partition coefficient (Wildman–Crippen LogP) is 1.14. The van der Waals surface area contributed by atoms with Crippen LogP contribution in [0.2, 0.25) is 5.02 Å². The van der Waals surface area contributed by atoms with Gasteiger partial charge in [0.25, 0.3) is 0 Å². The molecule has 1 N–H and O–H groups in total. The highest BCUT2D eigenvalue weighted by Gasteiger charge is 2.25. The molecule has 1 aliphatic heterocycles. The topological polar surface area (TPSA) is 52.6 Å². The van der Waals surface area contributed by atoms with E-state index in [-0.39, 0.29) is 0 Å². The molecule has 0 radical (unpaired) electrons. The van der Waals surface area contributed by atoms with Gasteiger partial charge in [-0.1, -0.05) is 23.7 Å². The van der Waals surface area contributed by atoms with Gasteiger partial charge in [-0.3, -0.25) is 0 Å². The van der Waals surface area contributed by atoms with Gasteiger partial charge in [0.2, 0.25) is 10.0 Å². The van der Waals surface area contributed by atoms with Crippen molar-refractivity contribution in [2.24, 2.45) is 0 Å². The first kappa shape index (κ1) is 15.6. The molecule has 0 saturated carbocycles. The van der Waals surface area contributed by atoms with Crippen molar-refractivity contribution in [2.45, 2.75) is 6.54 Å². The van der Waals surface area contributed by atoms with Gasteiger partial charge < -0.3 is 10.2 Å². The number of benzene rings is 1. The van der Waals surface area contributed by atoms with Crippen LogP contribution in [0.25, 0.3) is 0 Å². The number of para-hydroxylation sites is 1. The van der Waals surface area contributed by atoms with Crippen LogP contribution >= 0.6 is 11.6 Å². The molecule has 1 aromatic carbocycles. The molecule has 1 aromatic rings. The molecule has 1 fully saturated rings. The minimum atomic E-state index is -3.10. The van der Waals surface area contributed by atoms with Crippen molar-refractivity contribution in [3.63, 3.8) is 0 Å². The van der Waals surface area contributed by atoms with Crippen molar-refractivity contribution in [3.8, 4) is 0 Å². The van der Waals surface area contributed by atoms with Crippen LogP contribution in [0, 0.1) is 0 Å². The van der Waals surface area contributed by atoms with Crippen LogP contribution in [0.4, 0.5) is 5.69 Å². The van der Waals surface area contributed by atoms with Crippen LogP contribution in [0.15, 0.2) is 18.2 Å². The average Bonchev–Trinajstić information content (AvgIpc) is 2.38. The Morgan fingerprint density at radius 3 is 2.45 bits per heavy atom. The van der Waals surface area contributed by atoms with E-state index in [4.69, 9.17) is 11.6 Å². The van der Waals surface area contributed by atoms with Crippen LogP contribution in [0.3, 0.4) is 0 Å². The number of piperazine rings is 1. The number of sulfonamides is 1. The monoisotopic (exact) mass is 317 g/mol. The summed E-state index contributed by atoms with van der Waals surface area (Å²) in [5.41, 5.74) is 2.14. The molecule has 0 unspecified atom stereocenters. The molecule has 1 heterocycles. The fraction of sp³-hybridized carbons (Fsp3) is 0.538. The van der Waals surface area contributed by atoms with Gasteiger partial charge in [-0.15, -0.1) is 0 Å². The highest BCUT2D eigenvalue weighted by atomic mass is 35.5.